The van der Waals surface area contributed by atoms with E-state index in [9.17, 15) is 14.6 Å². The molecule has 3 N–H and O–H groups in total. The van der Waals surface area contributed by atoms with E-state index in [0.717, 1.165) is 89.2 Å². The van der Waals surface area contributed by atoms with E-state index in [1.165, 1.54) is 12.1 Å². The Labute approximate surface area is 287 Å². The van der Waals surface area contributed by atoms with Gasteiger partial charge in [-0.2, -0.15) is 9.97 Å². The second-order valence-electron chi connectivity index (χ2n) is 16.2. The molecule has 0 amide bonds. The molecule has 2 atom stereocenters. The Morgan fingerprint density at radius 1 is 0.920 bits per heavy atom. The van der Waals surface area contributed by atoms with Crippen molar-refractivity contribution in [2.45, 2.75) is 76.0 Å². The van der Waals surface area contributed by atoms with Gasteiger partial charge in [-0.25, -0.2) is 17.6 Å². The highest BCUT2D eigenvalue weighted by molar-refractivity contribution is 6.02. The number of hydrogen-bond acceptors (Lipinski definition) is 8. The molecule has 2 unspecified atom stereocenters. The monoisotopic (exact) mass is 691 g/mol. The molecule has 3 saturated heterocycles. The first-order valence-corrected chi connectivity index (χ1v) is 17.8. The number of benzene rings is 3. The third kappa shape index (κ3) is 5.54. The summed E-state index contributed by atoms with van der Waals surface area (Å²) < 4.78 is 68.9. The van der Waals surface area contributed by atoms with E-state index in [4.69, 9.17) is 9.72 Å². The SMILES string of the molecule is CC1(O)CC2(CCN(CC3(COc4nc(N5CC6CCC(C5)N6)c5cc(F)c(-c6cc(O)cc7ccc(F)c(F)c67)c(F)c5n4)CC3)CC2)C1. The van der Waals surface area contributed by atoms with Gasteiger partial charge in [0.05, 0.1) is 17.8 Å². The molecule has 1 aromatic heterocycles. The fourth-order valence-corrected chi connectivity index (χ4v) is 9.58. The molecular weight excluding hydrogens is 650 g/mol. The number of piperazine rings is 1. The smallest absolute Gasteiger partial charge is 0.319 e. The molecule has 8 nitrogen and oxygen atoms in total. The number of phenols is 1. The molecule has 50 heavy (non-hydrogen) atoms. The van der Waals surface area contributed by atoms with Crippen molar-refractivity contribution < 1.29 is 32.5 Å². The Morgan fingerprint density at radius 3 is 2.32 bits per heavy atom. The molecule has 4 aromatic rings. The van der Waals surface area contributed by atoms with Gasteiger partial charge in [-0.1, -0.05) is 6.07 Å². The van der Waals surface area contributed by atoms with Crippen LogP contribution in [0, 0.1) is 34.1 Å². The number of halogens is 4. The number of nitrogens with zero attached hydrogens (tertiary/aromatic N) is 4. The highest BCUT2D eigenvalue weighted by Crippen LogP contribution is 2.55. The van der Waals surface area contributed by atoms with Crippen molar-refractivity contribution in [1.82, 2.24) is 20.2 Å². The molecule has 3 aromatic carbocycles. The van der Waals surface area contributed by atoms with Crippen LogP contribution in [0.15, 0.2) is 30.3 Å². The van der Waals surface area contributed by atoms with Crippen molar-refractivity contribution in [3.63, 3.8) is 0 Å². The molecule has 3 aliphatic heterocycles. The average Bonchev–Trinajstić information content (AvgIpc) is 3.75. The van der Waals surface area contributed by atoms with Crippen molar-refractivity contribution in [1.29, 1.82) is 0 Å². The Bertz CT molecular complexity index is 2010. The lowest BCUT2D eigenvalue weighted by atomic mass is 9.56. The first-order valence-electron chi connectivity index (χ1n) is 17.8. The number of aromatic hydroxyl groups is 1. The van der Waals surface area contributed by atoms with Crippen LogP contribution in [0.25, 0.3) is 32.8 Å². The first kappa shape index (κ1) is 32.2. The second kappa shape index (κ2) is 11.4. The number of phenolic OH excluding ortho intramolecular Hbond substituents is 1. The number of fused-ring (bicyclic) bond motifs is 4. The van der Waals surface area contributed by atoms with Gasteiger partial charge in [-0.3, -0.25) is 0 Å². The van der Waals surface area contributed by atoms with Crippen molar-refractivity contribution in [2.24, 2.45) is 10.8 Å². The van der Waals surface area contributed by atoms with Crippen LogP contribution in [0.2, 0.25) is 0 Å². The van der Waals surface area contributed by atoms with Crippen LogP contribution < -0.4 is 15.0 Å². The number of ether oxygens (including phenoxy) is 1. The Balaban J connectivity index is 1.06. The summed E-state index contributed by atoms with van der Waals surface area (Å²) in [4.78, 5) is 13.8. The molecule has 2 bridgehead atoms. The maximum absolute atomic E-state index is 16.8. The summed E-state index contributed by atoms with van der Waals surface area (Å²) in [6.07, 6.45) is 7.85. The zero-order valence-corrected chi connectivity index (χ0v) is 28.0. The molecular formula is C38H41F4N5O3. The number of rotatable bonds is 7. The van der Waals surface area contributed by atoms with Gasteiger partial charge in [0.25, 0.3) is 0 Å². The van der Waals surface area contributed by atoms with Gasteiger partial charge in [-0.15, -0.1) is 0 Å². The minimum absolute atomic E-state index is 0.0200. The number of aromatic nitrogens is 2. The van der Waals surface area contributed by atoms with Crippen molar-refractivity contribution >= 4 is 27.5 Å². The minimum atomic E-state index is -1.27. The largest absolute Gasteiger partial charge is 0.508 e. The summed E-state index contributed by atoms with van der Waals surface area (Å²) in [5, 5.41) is 24.2. The molecule has 12 heteroatoms. The standard InChI is InChI=1S/C38H41F4N5O3/c1-36(49)17-37(18-36)8-10-46(11-9-37)19-38(6-7-38)20-50-35-44-33-26(34(45-35)47-15-22-3-4-23(16-47)43-22)14-28(40)30(32(33)42)25-13-24(48)12-21-2-5-27(39)31(41)29(21)25/h2,5,12-14,22-23,43,48-49H,3-4,6-11,15-20H2,1H3. The number of nitrogens with one attached hydrogen (secondary N) is 1. The Kier molecular flexibility index (Phi) is 7.33. The highest BCUT2D eigenvalue weighted by atomic mass is 19.2. The lowest BCUT2D eigenvalue weighted by Crippen LogP contribution is -2.55. The van der Waals surface area contributed by atoms with E-state index in [1.807, 2.05) is 11.8 Å². The maximum Gasteiger partial charge on any atom is 0.319 e. The Hall–Kier alpha value is -3.74. The molecule has 5 fully saturated rings. The lowest BCUT2D eigenvalue weighted by molar-refractivity contribution is -0.138. The number of piperidine rings is 1. The predicted octanol–water partition coefficient (Wildman–Crippen LogP) is 6.44. The highest BCUT2D eigenvalue weighted by Gasteiger charge is 2.53. The van der Waals surface area contributed by atoms with Crippen LogP contribution >= 0.6 is 0 Å². The summed E-state index contributed by atoms with van der Waals surface area (Å²) in [6.45, 7) is 6.30. The Morgan fingerprint density at radius 2 is 1.64 bits per heavy atom. The van der Waals surface area contributed by atoms with E-state index in [-0.39, 0.29) is 61.9 Å². The summed E-state index contributed by atoms with van der Waals surface area (Å²) in [7, 11) is 0. The van der Waals surface area contributed by atoms with Crippen LogP contribution in [-0.2, 0) is 0 Å². The van der Waals surface area contributed by atoms with Gasteiger partial charge in [0.15, 0.2) is 17.5 Å². The van der Waals surface area contributed by atoms with Gasteiger partial charge in [0.2, 0.25) is 0 Å². The third-order valence-electron chi connectivity index (χ3n) is 12.1. The fourth-order valence-electron chi connectivity index (χ4n) is 9.58. The normalized spacial score (nSPS) is 25.0. The van der Waals surface area contributed by atoms with Crippen molar-refractivity contribution in [3.05, 3.63) is 53.6 Å². The van der Waals surface area contributed by atoms with E-state index < -0.39 is 34.4 Å². The molecule has 2 aliphatic carbocycles. The molecule has 9 rings (SSSR count). The van der Waals surface area contributed by atoms with Crippen LogP contribution in [0.3, 0.4) is 0 Å². The molecule has 264 valence electrons. The van der Waals surface area contributed by atoms with E-state index in [2.05, 4.69) is 15.2 Å². The van der Waals surface area contributed by atoms with Gasteiger partial charge in [-0.05, 0) is 106 Å². The molecule has 4 heterocycles. The summed E-state index contributed by atoms with van der Waals surface area (Å²) in [5.74, 6) is -4.49. The quantitative estimate of drug-likeness (QED) is 0.191. The molecule has 5 aliphatic rings. The lowest BCUT2D eigenvalue weighted by Gasteiger charge is -2.55. The number of likely N-dealkylation sites (tertiary alicyclic amines) is 1. The average molecular weight is 692 g/mol. The molecule has 1 spiro atoms. The van der Waals surface area contributed by atoms with Gasteiger partial charge >= 0.3 is 6.01 Å². The minimum Gasteiger partial charge on any atom is -0.508 e. The topological polar surface area (TPSA) is 94.0 Å². The maximum atomic E-state index is 16.8. The van der Waals surface area contributed by atoms with E-state index >= 15 is 13.2 Å². The zero-order valence-electron chi connectivity index (χ0n) is 28.0. The van der Waals surface area contributed by atoms with Crippen molar-refractivity contribution in [3.8, 4) is 22.9 Å². The first-order chi connectivity index (χ1) is 23.9. The summed E-state index contributed by atoms with van der Waals surface area (Å²) in [6, 6.07) is 5.99. The number of anilines is 1. The van der Waals surface area contributed by atoms with E-state index in [0.29, 0.717) is 25.5 Å². The molecule has 0 radical (unpaired) electrons. The van der Waals surface area contributed by atoms with Gasteiger partial charge in [0, 0.05) is 53.5 Å². The van der Waals surface area contributed by atoms with Crippen LogP contribution in [-0.4, -0.2) is 82.1 Å². The van der Waals surface area contributed by atoms with Gasteiger partial charge < -0.3 is 30.1 Å². The summed E-state index contributed by atoms with van der Waals surface area (Å²) in [5.41, 5.74) is -1.47. The zero-order chi connectivity index (χ0) is 34.6. The van der Waals surface area contributed by atoms with Crippen molar-refractivity contribution in [2.75, 3.05) is 44.2 Å². The predicted molar refractivity (Wildman–Crippen MR) is 181 cm³/mol. The number of aliphatic hydroxyl groups is 1. The van der Waals surface area contributed by atoms with Crippen LogP contribution in [0.5, 0.6) is 11.8 Å². The van der Waals surface area contributed by atoms with Crippen LogP contribution in [0.1, 0.15) is 58.3 Å². The van der Waals surface area contributed by atoms with Crippen LogP contribution in [0.4, 0.5) is 23.4 Å². The van der Waals surface area contributed by atoms with E-state index in [1.54, 1.807) is 0 Å². The van der Waals surface area contributed by atoms with Gasteiger partial charge in [0.1, 0.15) is 22.9 Å². The number of hydrogen-bond donors (Lipinski definition) is 3. The third-order valence-corrected chi connectivity index (χ3v) is 12.1. The fraction of sp³-hybridized carbons (Fsp3) is 0.526. The second-order valence-corrected chi connectivity index (χ2v) is 16.2. The molecule has 2 saturated carbocycles. The summed E-state index contributed by atoms with van der Waals surface area (Å²) >= 11 is 0.